The van der Waals surface area contributed by atoms with E-state index >= 15 is 0 Å². The second-order valence-electron chi connectivity index (χ2n) is 6.03. The fraction of sp³-hybridized carbons (Fsp3) is 0.0556. The number of fused-ring (bicyclic) bond motifs is 2. The molecule has 142 valence electrons. The van der Waals surface area contributed by atoms with Crippen LogP contribution in [0.3, 0.4) is 0 Å². The van der Waals surface area contributed by atoms with E-state index in [1.807, 2.05) is 30.3 Å². The Morgan fingerprint density at radius 2 is 2.07 bits per heavy atom. The number of rotatable bonds is 1. The first kappa shape index (κ1) is 18.7. The number of nitrogens with one attached hydrogen (secondary N) is 1. The topological polar surface area (TPSA) is 110 Å². The van der Waals surface area contributed by atoms with Crippen LogP contribution >= 0.6 is 23.4 Å². The van der Waals surface area contributed by atoms with Gasteiger partial charge in [0, 0.05) is 27.2 Å². The molecule has 2 aromatic carbocycles. The molecule has 0 unspecified atom stereocenters. The number of sulfonamides is 1. The Hall–Kier alpha value is -2.62. The van der Waals surface area contributed by atoms with E-state index in [4.69, 9.17) is 17.3 Å². The molecule has 10 heteroatoms. The van der Waals surface area contributed by atoms with Crippen molar-refractivity contribution in [2.24, 2.45) is 15.1 Å². The number of guanidine groups is 1. The molecule has 4 rings (SSSR count). The first-order valence-electron chi connectivity index (χ1n) is 8.11. The van der Waals surface area contributed by atoms with E-state index in [0.717, 1.165) is 22.7 Å². The molecule has 2 heterocycles. The lowest BCUT2D eigenvalue weighted by Crippen LogP contribution is -2.24. The molecule has 0 fully saturated rings. The lowest BCUT2D eigenvalue weighted by Gasteiger charge is -2.15. The Labute approximate surface area is 170 Å². The Bertz CT molecular complexity index is 1270. The Morgan fingerprint density at radius 3 is 2.89 bits per heavy atom. The minimum Gasteiger partial charge on any atom is -0.369 e. The summed E-state index contributed by atoms with van der Waals surface area (Å²) in [4.78, 5) is 8.96. The molecular weight excluding hydrogens is 418 g/mol. The summed E-state index contributed by atoms with van der Waals surface area (Å²) in [7, 11) is -3.87. The number of aryl methyl sites for hydroxylation is 1. The number of anilines is 1. The van der Waals surface area contributed by atoms with Crippen molar-refractivity contribution in [2.45, 2.75) is 16.7 Å². The molecule has 0 aliphatic carbocycles. The highest BCUT2D eigenvalue weighted by Crippen LogP contribution is 2.37. The van der Waals surface area contributed by atoms with E-state index in [0.29, 0.717) is 21.2 Å². The number of thioether (sulfide) groups is 1. The van der Waals surface area contributed by atoms with Crippen molar-refractivity contribution in [1.29, 1.82) is 0 Å². The van der Waals surface area contributed by atoms with Crippen molar-refractivity contribution < 1.29 is 8.42 Å². The average Bonchev–Trinajstić information content (AvgIpc) is 2.63. The third-order valence-corrected chi connectivity index (χ3v) is 6.88. The monoisotopic (exact) mass is 431 g/mol. The molecule has 28 heavy (non-hydrogen) atoms. The van der Waals surface area contributed by atoms with Crippen LogP contribution in [0.5, 0.6) is 0 Å². The third-order valence-electron chi connectivity index (χ3n) is 3.99. The van der Waals surface area contributed by atoms with Crippen molar-refractivity contribution in [1.82, 2.24) is 4.98 Å². The van der Waals surface area contributed by atoms with E-state index < -0.39 is 10.0 Å². The van der Waals surface area contributed by atoms with Crippen LogP contribution in [-0.2, 0) is 10.0 Å². The zero-order chi connectivity index (χ0) is 19.9. The van der Waals surface area contributed by atoms with Crippen LogP contribution in [-0.4, -0.2) is 24.5 Å². The van der Waals surface area contributed by atoms with Gasteiger partial charge < -0.3 is 11.1 Å². The Morgan fingerprint density at radius 1 is 1.25 bits per heavy atom. The van der Waals surface area contributed by atoms with Crippen LogP contribution in [0.25, 0.3) is 10.9 Å². The maximum Gasteiger partial charge on any atom is 0.285 e. The minimum atomic E-state index is -3.87. The first-order valence-corrected chi connectivity index (χ1v) is 10.7. The average molecular weight is 432 g/mol. The molecule has 1 aromatic heterocycles. The predicted octanol–water partition coefficient (Wildman–Crippen LogP) is 3.77. The summed E-state index contributed by atoms with van der Waals surface area (Å²) in [5.41, 5.74) is 8.17. The summed E-state index contributed by atoms with van der Waals surface area (Å²) in [5.74, 6) is 0.0198. The Kier molecular flexibility index (Phi) is 4.74. The van der Waals surface area contributed by atoms with Gasteiger partial charge in [-0.15, -0.1) is 4.40 Å². The second-order valence-corrected chi connectivity index (χ2v) is 9.02. The summed E-state index contributed by atoms with van der Waals surface area (Å²) in [6, 6.07) is 12.4. The van der Waals surface area contributed by atoms with Crippen LogP contribution in [0.1, 0.15) is 5.56 Å². The van der Waals surface area contributed by atoms with Gasteiger partial charge in [-0.2, -0.15) is 13.4 Å². The second kappa shape index (κ2) is 7.08. The number of pyridine rings is 1. The van der Waals surface area contributed by atoms with Gasteiger partial charge in [-0.1, -0.05) is 17.7 Å². The zero-order valence-electron chi connectivity index (χ0n) is 14.5. The van der Waals surface area contributed by atoms with Gasteiger partial charge in [0.25, 0.3) is 10.0 Å². The van der Waals surface area contributed by atoms with Gasteiger partial charge in [-0.05, 0) is 60.6 Å². The number of halogens is 1. The van der Waals surface area contributed by atoms with Crippen molar-refractivity contribution >= 4 is 61.1 Å². The van der Waals surface area contributed by atoms with E-state index in [2.05, 4.69) is 19.7 Å². The van der Waals surface area contributed by atoms with Crippen LogP contribution < -0.4 is 11.1 Å². The highest BCUT2D eigenvalue weighted by atomic mass is 35.5. The fourth-order valence-electron chi connectivity index (χ4n) is 2.66. The molecule has 1 aliphatic rings. The SMILES string of the molecule is Cc1cc2c(cc1Cl)SC(/N=C(/N)Nc1ccc3ncccc3c1)=NS2(=O)=O. The van der Waals surface area contributed by atoms with Gasteiger partial charge in [0.05, 0.1) is 5.52 Å². The molecule has 0 radical (unpaired) electrons. The van der Waals surface area contributed by atoms with Crippen molar-refractivity contribution in [2.75, 3.05) is 5.32 Å². The summed E-state index contributed by atoms with van der Waals surface area (Å²) in [6.07, 6.45) is 1.72. The standard InChI is InChI=1S/C18H14ClN5O2S2/c1-10-7-16-15(9-13(10)19)27-18(24-28(16,25)26)23-17(20)22-12-4-5-14-11(8-12)3-2-6-21-14/h2-9H,1H3,(H3,20,22,23,24). The molecule has 0 saturated carbocycles. The number of hydrogen-bond acceptors (Lipinski definition) is 5. The van der Waals surface area contributed by atoms with Crippen LogP contribution in [0.2, 0.25) is 5.02 Å². The van der Waals surface area contributed by atoms with Gasteiger partial charge in [0.15, 0.2) is 5.96 Å². The fourth-order valence-corrected chi connectivity index (χ4v) is 5.44. The molecule has 0 spiro atoms. The number of aromatic nitrogens is 1. The van der Waals surface area contributed by atoms with Crippen LogP contribution in [0.15, 0.2) is 67.8 Å². The van der Waals surface area contributed by atoms with E-state index in [1.54, 1.807) is 19.2 Å². The number of hydrogen-bond donors (Lipinski definition) is 2. The lowest BCUT2D eigenvalue weighted by molar-refractivity contribution is 0.595. The minimum absolute atomic E-state index is 0.0138. The third kappa shape index (κ3) is 3.68. The van der Waals surface area contributed by atoms with Gasteiger partial charge in [0.2, 0.25) is 5.17 Å². The zero-order valence-corrected chi connectivity index (χ0v) is 16.9. The number of nitrogens with zero attached hydrogens (tertiary/aromatic N) is 3. The maximum absolute atomic E-state index is 12.5. The number of amidine groups is 1. The van der Waals surface area contributed by atoms with Gasteiger partial charge in [-0.25, -0.2) is 0 Å². The van der Waals surface area contributed by atoms with Crippen LogP contribution in [0, 0.1) is 6.92 Å². The van der Waals surface area contributed by atoms with E-state index in [9.17, 15) is 8.42 Å². The Balaban J connectivity index is 1.62. The molecule has 0 atom stereocenters. The largest absolute Gasteiger partial charge is 0.369 e. The number of aliphatic imine (C=N–C) groups is 1. The summed E-state index contributed by atoms with van der Waals surface area (Å²) in [5, 5.41) is 4.36. The molecule has 1 aliphatic heterocycles. The molecular formula is C18H14ClN5O2S2. The molecule has 0 bridgehead atoms. The summed E-state index contributed by atoms with van der Waals surface area (Å²) < 4.78 is 28.7. The van der Waals surface area contributed by atoms with E-state index in [1.165, 1.54) is 6.07 Å². The molecule has 7 nitrogen and oxygen atoms in total. The van der Waals surface area contributed by atoms with Crippen molar-refractivity contribution in [3.8, 4) is 0 Å². The smallest absolute Gasteiger partial charge is 0.285 e. The van der Waals surface area contributed by atoms with Gasteiger partial charge in [-0.3, -0.25) is 4.98 Å². The number of benzene rings is 2. The summed E-state index contributed by atoms with van der Waals surface area (Å²) >= 11 is 7.21. The van der Waals surface area contributed by atoms with Crippen molar-refractivity contribution in [3.05, 3.63) is 59.2 Å². The lowest BCUT2D eigenvalue weighted by atomic mass is 10.2. The highest BCUT2D eigenvalue weighted by Gasteiger charge is 2.27. The molecule has 3 N–H and O–H groups in total. The van der Waals surface area contributed by atoms with E-state index in [-0.39, 0.29) is 16.0 Å². The molecule has 3 aromatic rings. The van der Waals surface area contributed by atoms with Crippen molar-refractivity contribution in [3.63, 3.8) is 0 Å². The van der Waals surface area contributed by atoms with Gasteiger partial charge in [0.1, 0.15) is 4.90 Å². The summed E-state index contributed by atoms with van der Waals surface area (Å²) in [6.45, 7) is 1.74. The maximum atomic E-state index is 12.5. The molecule has 0 amide bonds. The first-order chi connectivity index (χ1) is 13.3. The quantitative estimate of drug-likeness (QED) is 0.448. The number of nitrogens with two attached hydrogens (primary N) is 1. The molecule has 0 saturated heterocycles. The van der Waals surface area contributed by atoms with Crippen LogP contribution in [0.4, 0.5) is 5.69 Å². The predicted molar refractivity (Wildman–Crippen MR) is 114 cm³/mol. The highest BCUT2D eigenvalue weighted by molar-refractivity contribution is 8.15. The van der Waals surface area contributed by atoms with Gasteiger partial charge >= 0.3 is 0 Å². The normalized spacial score (nSPS) is 15.8.